The topological polar surface area (TPSA) is 34.0 Å². The van der Waals surface area contributed by atoms with Crippen LogP contribution in [0.5, 0.6) is 0 Å². The molecule has 17 heavy (non-hydrogen) atoms. The first-order valence-electron chi connectivity index (χ1n) is 6.84. The first kappa shape index (κ1) is 11.2. The van der Waals surface area contributed by atoms with E-state index in [1.54, 1.807) is 0 Å². The van der Waals surface area contributed by atoms with Gasteiger partial charge in [-0.05, 0) is 45.3 Å². The molecule has 3 heterocycles. The number of hydrogen-bond acceptors (Lipinski definition) is 3. The summed E-state index contributed by atoms with van der Waals surface area (Å²) in [7, 11) is 2.21. The Kier molecular flexibility index (Phi) is 2.90. The van der Waals surface area contributed by atoms with Crippen LogP contribution in [0.25, 0.3) is 0 Å². The normalized spacial score (nSPS) is 27.1. The first-order valence-corrected chi connectivity index (χ1v) is 6.84. The Morgan fingerprint density at radius 3 is 2.59 bits per heavy atom. The van der Waals surface area contributed by atoms with Crippen LogP contribution >= 0.6 is 0 Å². The van der Waals surface area contributed by atoms with Crippen LogP contribution in [0, 0.1) is 5.92 Å². The van der Waals surface area contributed by atoms with Crippen LogP contribution in [0.2, 0.25) is 0 Å². The smallest absolute Gasteiger partial charge is 0.136 e. The van der Waals surface area contributed by atoms with Gasteiger partial charge in [0.05, 0.1) is 0 Å². The van der Waals surface area contributed by atoms with Crippen molar-refractivity contribution < 1.29 is 0 Å². The van der Waals surface area contributed by atoms with Crippen LogP contribution in [0.15, 0.2) is 0 Å². The highest BCUT2D eigenvalue weighted by molar-refractivity contribution is 5.06. The number of nitrogens with zero attached hydrogens (tertiary/aromatic N) is 4. The van der Waals surface area contributed by atoms with Gasteiger partial charge >= 0.3 is 0 Å². The van der Waals surface area contributed by atoms with Gasteiger partial charge in [-0.25, -0.2) is 0 Å². The van der Waals surface area contributed by atoms with Gasteiger partial charge in [-0.3, -0.25) is 0 Å². The number of piperidine rings is 1. The molecule has 0 saturated carbocycles. The Bertz CT molecular complexity index is 390. The van der Waals surface area contributed by atoms with Crippen LogP contribution < -0.4 is 0 Å². The van der Waals surface area contributed by atoms with Crippen LogP contribution in [0.4, 0.5) is 0 Å². The molecule has 1 fully saturated rings. The van der Waals surface area contributed by atoms with Crippen molar-refractivity contribution in [2.24, 2.45) is 5.92 Å². The second kappa shape index (κ2) is 4.41. The van der Waals surface area contributed by atoms with Gasteiger partial charge in [0, 0.05) is 18.9 Å². The molecule has 4 nitrogen and oxygen atoms in total. The lowest BCUT2D eigenvalue weighted by Crippen LogP contribution is -2.31. The molecule has 1 aromatic rings. The van der Waals surface area contributed by atoms with E-state index in [0.29, 0.717) is 5.92 Å². The molecule has 0 radical (unpaired) electrons. The molecule has 0 bridgehead atoms. The summed E-state index contributed by atoms with van der Waals surface area (Å²) in [5.74, 6) is 3.90. The van der Waals surface area contributed by atoms with Gasteiger partial charge in [0.1, 0.15) is 11.6 Å². The first-order chi connectivity index (χ1) is 8.24. The largest absolute Gasteiger partial charge is 0.315 e. The molecule has 1 saturated heterocycles. The van der Waals surface area contributed by atoms with E-state index in [1.807, 2.05) is 0 Å². The SMILES string of the molecule is CC1CCn2c(nnc2C2CCN(C)CC2)C1. The van der Waals surface area contributed by atoms with E-state index in [1.165, 1.54) is 44.0 Å². The summed E-state index contributed by atoms with van der Waals surface area (Å²) in [6.07, 6.45) is 4.87. The van der Waals surface area contributed by atoms with Gasteiger partial charge < -0.3 is 9.47 Å². The third-order valence-electron chi connectivity index (χ3n) is 4.32. The fourth-order valence-corrected chi connectivity index (χ4v) is 3.08. The van der Waals surface area contributed by atoms with Gasteiger partial charge in [-0.1, -0.05) is 6.92 Å². The van der Waals surface area contributed by atoms with Gasteiger partial charge in [-0.2, -0.15) is 0 Å². The molecule has 0 aromatic carbocycles. The molecule has 94 valence electrons. The number of rotatable bonds is 1. The van der Waals surface area contributed by atoms with Crippen LogP contribution in [0.1, 0.15) is 43.8 Å². The molecular weight excluding hydrogens is 212 g/mol. The van der Waals surface area contributed by atoms with Crippen molar-refractivity contribution in [1.29, 1.82) is 0 Å². The number of hydrogen-bond donors (Lipinski definition) is 0. The summed E-state index contributed by atoms with van der Waals surface area (Å²) >= 11 is 0. The quantitative estimate of drug-likeness (QED) is 0.741. The average Bonchev–Trinajstić information content (AvgIpc) is 2.73. The highest BCUT2D eigenvalue weighted by Crippen LogP contribution is 2.29. The van der Waals surface area contributed by atoms with Gasteiger partial charge in [0.25, 0.3) is 0 Å². The molecular formula is C13H22N4. The van der Waals surface area contributed by atoms with E-state index in [9.17, 15) is 0 Å². The molecule has 0 aliphatic carbocycles. The Morgan fingerprint density at radius 2 is 1.82 bits per heavy atom. The maximum Gasteiger partial charge on any atom is 0.136 e. The van der Waals surface area contributed by atoms with Crippen LogP contribution in [-0.2, 0) is 13.0 Å². The predicted molar refractivity (Wildman–Crippen MR) is 67.0 cm³/mol. The fourth-order valence-electron chi connectivity index (χ4n) is 3.08. The Labute approximate surface area is 103 Å². The van der Waals surface area contributed by atoms with Crippen LogP contribution in [-0.4, -0.2) is 39.8 Å². The standard InChI is InChI=1S/C13H22N4/c1-10-3-8-17-12(9-10)14-15-13(17)11-4-6-16(2)7-5-11/h10-11H,3-9H2,1-2H3. The molecule has 4 heteroatoms. The maximum atomic E-state index is 4.48. The van der Waals surface area contributed by atoms with E-state index in [0.717, 1.165) is 18.9 Å². The molecule has 1 atom stereocenters. The van der Waals surface area contributed by atoms with Crippen molar-refractivity contribution >= 4 is 0 Å². The Hall–Kier alpha value is -0.900. The molecule has 0 spiro atoms. The minimum absolute atomic E-state index is 0.640. The number of aromatic nitrogens is 3. The molecule has 2 aliphatic rings. The van der Waals surface area contributed by atoms with Gasteiger partial charge in [-0.15, -0.1) is 10.2 Å². The van der Waals surface area contributed by atoms with E-state index in [4.69, 9.17) is 0 Å². The summed E-state index contributed by atoms with van der Waals surface area (Å²) in [4.78, 5) is 2.41. The van der Waals surface area contributed by atoms with Crippen molar-refractivity contribution in [2.75, 3.05) is 20.1 Å². The fraction of sp³-hybridized carbons (Fsp3) is 0.846. The van der Waals surface area contributed by atoms with Crippen molar-refractivity contribution in [3.63, 3.8) is 0 Å². The summed E-state index contributed by atoms with van der Waals surface area (Å²) in [5, 5.41) is 8.88. The average molecular weight is 234 g/mol. The monoisotopic (exact) mass is 234 g/mol. The molecule has 0 amide bonds. The third-order valence-corrected chi connectivity index (χ3v) is 4.32. The van der Waals surface area contributed by atoms with Gasteiger partial charge in [0.2, 0.25) is 0 Å². The van der Waals surface area contributed by atoms with E-state index >= 15 is 0 Å². The summed E-state index contributed by atoms with van der Waals surface area (Å²) in [5.41, 5.74) is 0. The molecule has 0 N–H and O–H groups in total. The van der Waals surface area contributed by atoms with E-state index < -0.39 is 0 Å². The van der Waals surface area contributed by atoms with Crippen molar-refractivity contribution in [3.8, 4) is 0 Å². The van der Waals surface area contributed by atoms with E-state index in [-0.39, 0.29) is 0 Å². The second-order valence-electron chi connectivity index (χ2n) is 5.80. The molecule has 3 rings (SSSR count). The zero-order chi connectivity index (χ0) is 11.8. The lowest BCUT2D eigenvalue weighted by Gasteiger charge is -2.29. The minimum Gasteiger partial charge on any atom is -0.315 e. The summed E-state index contributed by atoms with van der Waals surface area (Å²) in [6.45, 7) is 5.84. The second-order valence-corrected chi connectivity index (χ2v) is 5.80. The van der Waals surface area contributed by atoms with Gasteiger partial charge in [0.15, 0.2) is 0 Å². The van der Waals surface area contributed by atoms with Crippen molar-refractivity contribution in [3.05, 3.63) is 11.6 Å². The zero-order valence-corrected chi connectivity index (χ0v) is 10.9. The molecule has 1 aromatic heterocycles. The third kappa shape index (κ3) is 2.10. The number of likely N-dealkylation sites (tertiary alicyclic amines) is 1. The van der Waals surface area contributed by atoms with Crippen molar-refractivity contribution in [1.82, 2.24) is 19.7 Å². The lowest BCUT2D eigenvalue weighted by molar-refractivity contribution is 0.246. The Balaban J connectivity index is 1.80. The van der Waals surface area contributed by atoms with Crippen molar-refractivity contribution in [2.45, 2.75) is 45.1 Å². The number of fused-ring (bicyclic) bond motifs is 1. The lowest BCUT2D eigenvalue weighted by atomic mass is 9.95. The highest BCUT2D eigenvalue weighted by atomic mass is 15.3. The molecule has 2 aliphatic heterocycles. The van der Waals surface area contributed by atoms with E-state index in [2.05, 4.69) is 33.6 Å². The maximum absolute atomic E-state index is 4.48. The summed E-state index contributed by atoms with van der Waals surface area (Å²) < 4.78 is 2.40. The highest BCUT2D eigenvalue weighted by Gasteiger charge is 2.27. The summed E-state index contributed by atoms with van der Waals surface area (Å²) in [6, 6.07) is 0. The minimum atomic E-state index is 0.640. The molecule has 1 unspecified atom stereocenters. The zero-order valence-electron chi connectivity index (χ0n) is 10.9. The van der Waals surface area contributed by atoms with Crippen LogP contribution in [0.3, 0.4) is 0 Å². The Morgan fingerprint density at radius 1 is 1.06 bits per heavy atom. The predicted octanol–water partition coefficient (Wildman–Crippen LogP) is 1.67.